The Hall–Kier alpha value is -2.66. The molecule has 24 heavy (non-hydrogen) atoms. The van der Waals surface area contributed by atoms with E-state index in [2.05, 4.69) is 15.5 Å². The fourth-order valence-electron chi connectivity index (χ4n) is 2.86. The molecule has 2 heterocycles. The highest BCUT2D eigenvalue weighted by molar-refractivity contribution is 5.99. The van der Waals surface area contributed by atoms with Crippen LogP contribution in [0.2, 0.25) is 0 Å². The highest BCUT2D eigenvalue weighted by Crippen LogP contribution is 2.16. The third kappa shape index (κ3) is 2.90. The topological polar surface area (TPSA) is 59.3 Å². The number of para-hydroxylation sites is 2. The summed E-state index contributed by atoms with van der Waals surface area (Å²) in [6.07, 6.45) is 1.70. The normalized spacial score (nSPS) is 14.9. The molecule has 0 saturated carbocycles. The lowest BCUT2D eigenvalue weighted by atomic mass is 10.1. The van der Waals surface area contributed by atoms with Gasteiger partial charge in [-0.3, -0.25) is 14.8 Å². The summed E-state index contributed by atoms with van der Waals surface area (Å²) in [7, 11) is 0. The monoisotopic (exact) mass is 340 g/mol. The number of aromatic nitrogens is 2. The van der Waals surface area contributed by atoms with E-state index in [0.717, 1.165) is 29.8 Å². The van der Waals surface area contributed by atoms with Gasteiger partial charge in [0.2, 0.25) is 0 Å². The molecule has 1 aromatic heterocycles. The Morgan fingerprint density at radius 2 is 1.79 bits per heavy atom. The van der Waals surface area contributed by atoms with E-state index in [-0.39, 0.29) is 18.0 Å². The van der Waals surface area contributed by atoms with Crippen molar-refractivity contribution in [1.82, 2.24) is 9.55 Å². The lowest BCUT2D eigenvalue weighted by Crippen LogP contribution is -2.32. The van der Waals surface area contributed by atoms with Crippen LogP contribution < -0.4 is 11.0 Å². The number of hydrazone groups is 1. The number of benzene rings is 2. The van der Waals surface area contributed by atoms with Gasteiger partial charge in [-0.2, -0.15) is 5.10 Å². The van der Waals surface area contributed by atoms with E-state index in [0.29, 0.717) is 17.8 Å². The number of nitrogens with one attached hydrogen (secondary N) is 1. The summed E-state index contributed by atoms with van der Waals surface area (Å²) >= 11 is 0. The standard InChI is InChI=1S/C18H16N4O.ClH/c23-18-14-9-4-5-10-15(14)19-17-16(11-6-12-22(17)18)21-20-13-7-2-1-3-8-13;/h1-5,7-10,20H,6,11-12H2;1H. The van der Waals surface area contributed by atoms with Crippen LogP contribution in [0.3, 0.4) is 0 Å². The number of fused-ring (bicyclic) bond motifs is 2. The summed E-state index contributed by atoms with van der Waals surface area (Å²) in [6.45, 7) is 0.691. The third-order valence-corrected chi connectivity index (χ3v) is 4.01. The lowest BCUT2D eigenvalue weighted by molar-refractivity contribution is 0.597. The van der Waals surface area contributed by atoms with Gasteiger partial charge in [-0.1, -0.05) is 30.3 Å². The van der Waals surface area contributed by atoms with Gasteiger partial charge in [0.05, 0.1) is 16.6 Å². The maximum Gasteiger partial charge on any atom is 0.261 e. The summed E-state index contributed by atoms with van der Waals surface area (Å²) in [5.41, 5.74) is 5.53. The van der Waals surface area contributed by atoms with E-state index in [1.807, 2.05) is 54.6 Å². The van der Waals surface area contributed by atoms with Crippen LogP contribution in [0.25, 0.3) is 10.9 Å². The quantitative estimate of drug-likeness (QED) is 0.727. The Morgan fingerprint density at radius 3 is 2.62 bits per heavy atom. The summed E-state index contributed by atoms with van der Waals surface area (Å²) < 4.78 is 1.73. The fraction of sp³-hybridized carbons (Fsp3) is 0.167. The number of anilines is 1. The van der Waals surface area contributed by atoms with Crippen molar-refractivity contribution in [3.8, 4) is 0 Å². The fourth-order valence-corrected chi connectivity index (χ4v) is 2.86. The summed E-state index contributed by atoms with van der Waals surface area (Å²) in [6, 6.07) is 17.2. The molecule has 0 saturated heterocycles. The van der Waals surface area contributed by atoms with Gasteiger partial charge in [0.15, 0.2) is 5.82 Å². The Morgan fingerprint density at radius 1 is 1.04 bits per heavy atom. The minimum absolute atomic E-state index is 0. The van der Waals surface area contributed by atoms with E-state index in [1.54, 1.807) is 4.57 Å². The molecule has 0 unspecified atom stereocenters. The zero-order valence-electron chi connectivity index (χ0n) is 13.0. The second-order valence-corrected chi connectivity index (χ2v) is 5.55. The molecule has 4 rings (SSSR count). The molecule has 2 aromatic carbocycles. The molecule has 0 spiro atoms. The van der Waals surface area contributed by atoms with Gasteiger partial charge in [0.1, 0.15) is 5.71 Å². The number of nitrogens with zero attached hydrogens (tertiary/aromatic N) is 3. The average molecular weight is 341 g/mol. The van der Waals surface area contributed by atoms with Crippen LogP contribution >= 0.6 is 12.4 Å². The van der Waals surface area contributed by atoms with Crippen LogP contribution in [0, 0.1) is 0 Å². The Bertz CT molecular complexity index is 950. The Labute approximate surface area is 145 Å². The number of hydrogen-bond acceptors (Lipinski definition) is 4. The van der Waals surface area contributed by atoms with Gasteiger partial charge in [-0.15, -0.1) is 12.4 Å². The molecule has 0 amide bonds. The molecule has 122 valence electrons. The van der Waals surface area contributed by atoms with Gasteiger partial charge >= 0.3 is 0 Å². The molecular formula is C18H17ClN4O. The Kier molecular flexibility index (Phi) is 4.62. The number of halogens is 1. The van der Waals surface area contributed by atoms with E-state index < -0.39 is 0 Å². The lowest BCUT2D eigenvalue weighted by Gasteiger charge is -2.19. The van der Waals surface area contributed by atoms with E-state index >= 15 is 0 Å². The number of hydrogen-bond donors (Lipinski definition) is 1. The first kappa shape index (κ1) is 16.2. The molecule has 0 aliphatic carbocycles. The third-order valence-electron chi connectivity index (χ3n) is 4.01. The zero-order chi connectivity index (χ0) is 15.6. The van der Waals surface area contributed by atoms with Gasteiger partial charge in [0.25, 0.3) is 5.56 Å². The smallest absolute Gasteiger partial charge is 0.261 e. The SMILES string of the molecule is Cl.O=c1c2ccccc2nc2n1CCCC2=NNc1ccccc1. The number of rotatable bonds is 2. The van der Waals surface area contributed by atoms with Crippen LogP contribution in [0.15, 0.2) is 64.5 Å². The molecule has 6 heteroatoms. The summed E-state index contributed by atoms with van der Waals surface area (Å²) in [5, 5.41) is 5.15. The van der Waals surface area contributed by atoms with Crippen LogP contribution in [-0.2, 0) is 6.54 Å². The first-order valence-electron chi connectivity index (χ1n) is 7.70. The van der Waals surface area contributed by atoms with Crippen molar-refractivity contribution in [2.24, 2.45) is 5.10 Å². The van der Waals surface area contributed by atoms with Crippen molar-refractivity contribution in [3.05, 3.63) is 70.8 Å². The molecular weight excluding hydrogens is 324 g/mol. The van der Waals surface area contributed by atoms with Crippen molar-refractivity contribution < 1.29 is 0 Å². The van der Waals surface area contributed by atoms with Gasteiger partial charge in [-0.05, 0) is 37.1 Å². The molecule has 1 N–H and O–H groups in total. The van der Waals surface area contributed by atoms with Crippen LogP contribution in [-0.4, -0.2) is 15.3 Å². The molecule has 3 aromatic rings. The van der Waals surface area contributed by atoms with Crippen LogP contribution in [0.4, 0.5) is 5.69 Å². The van der Waals surface area contributed by atoms with E-state index in [9.17, 15) is 4.79 Å². The summed E-state index contributed by atoms with van der Waals surface area (Å²) in [5.74, 6) is 0.670. The van der Waals surface area contributed by atoms with Crippen molar-refractivity contribution in [2.45, 2.75) is 19.4 Å². The van der Waals surface area contributed by atoms with Crippen molar-refractivity contribution >= 4 is 34.7 Å². The molecule has 5 nitrogen and oxygen atoms in total. The molecule has 1 aliphatic rings. The molecule has 0 atom stereocenters. The molecule has 1 aliphatic heterocycles. The second kappa shape index (κ2) is 6.84. The maximum atomic E-state index is 12.6. The summed E-state index contributed by atoms with van der Waals surface area (Å²) in [4.78, 5) is 17.3. The minimum Gasteiger partial charge on any atom is -0.291 e. The highest BCUT2D eigenvalue weighted by Gasteiger charge is 2.20. The van der Waals surface area contributed by atoms with E-state index in [4.69, 9.17) is 0 Å². The largest absolute Gasteiger partial charge is 0.291 e. The van der Waals surface area contributed by atoms with Crippen LogP contribution in [0.1, 0.15) is 18.7 Å². The molecule has 0 radical (unpaired) electrons. The zero-order valence-corrected chi connectivity index (χ0v) is 13.8. The highest BCUT2D eigenvalue weighted by atomic mass is 35.5. The van der Waals surface area contributed by atoms with Gasteiger partial charge in [-0.25, -0.2) is 4.98 Å². The Balaban J connectivity index is 0.00000169. The first-order valence-corrected chi connectivity index (χ1v) is 7.70. The average Bonchev–Trinajstić information content (AvgIpc) is 2.61. The minimum atomic E-state index is 0. The molecule has 0 bridgehead atoms. The predicted octanol–water partition coefficient (Wildman–Crippen LogP) is 3.43. The maximum absolute atomic E-state index is 12.6. The van der Waals surface area contributed by atoms with E-state index in [1.165, 1.54) is 0 Å². The van der Waals surface area contributed by atoms with Crippen molar-refractivity contribution in [1.29, 1.82) is 0 Å². The van der Waals surface area contributed by atoms with Gasteiger partial charge in [0, 0.05) is 6.54 Å². The van der Waals surface area contributed by atoms with Crippen LogP contribution in [0.5, 0.6) is 0 Å². The predicted molar refractivity (Wildman–Crippen MR) is 99.1 cm³/mol. The van der Waals surface area contributed by atoms with Crippen molar-refractivity contribution in [3.63, 3.8) is 0 Å². The second-order valence-electron chi connectivity index (χ2n) is 5.55. The molecule has 0 fully saturated rings. The first-order chi connectivity index (χ1) is 11.3. The van der Waals surface area contributed by atoms with Crippen molar-refractivity contribution in [2.75, 3.05) is 5.43 Å². The van der Waals surface area contributed by atoms with Gasteiger partial charge < -0.3 is 0 Å².